The predicted molar refractivity (Wildman–Crippen MR) is 76.1 cm³/mol. The summed E-state index contributed by atoms with van der Waals surface area (Å²) in [7, 11) is 2.06. The number of para-hydroxylation sites is 1. The van der Waals surface area contributed by atoms with E-state index in [1.807, 2.05) is 0 Å². The highest BCUT2D eigenvalue weighted by molar-refractivity contribution is 5.45. The van der Waals surface area contributed by atoms with Crippen molar-refractivity contribution in [3.8, 4) is 5.75 Å². The quantitative estimate of drug-likeness (QED) is 0.827. The molecule has 1 aliphatic rings. The molecule has 0 radical (unpaired) electrons. The van der Waals surface area contributed by atoms with Gasteiger partial charge in [0, 0.05) is 18.0 Å². The summed E-state index contributed by atoms with van der Waals surface area (Å²) in [5.74, 6) is 1.78. The summed E-state index contributed by atoms with van der Waals surface area (Å²) >= 11 is 0. The van der Waals surface area contributed by atoms with Crippen LogP contribution in [0, 0.1) is 5.92 Å². The number of nitrogens with one attached hydrogen (secondary N) is 1. The molecule has 0 bridgehead atoms. The molecule has 0 fully saturated rings. The average Bonchev–Trinajstić information content (AvgIpc) is 2.86. The first-order valence-electron chi connectivity index (χ1n) is 7.19. The van der Waals surface area contributed by atoms with Crippen molar-refractivity contribution in [3.05, 3.63) is 29.3 Å². The maximum Gasteiger partial charge on any atom is 0.127 e. The maximum atomic E-state index is 5.83. The Bertz CT molecular complexity index is 389. The lowest BCUT2D eigenvalue weighted by molar-refractivity contribution is 0.330. The molecule has 100 valence electrons. The number of benzene rings is 1. The molecule has 0 saturated heterocycles. The summed E-state index contributed by atoms with van der Waals surface area (Å²) in [4.78, 5) is 0. The molecule has 0 aliphatic carbocycles. The van der Waals surface area contributed by atoms with Crippen molar-refractivity contribution in [2.75, 3.05) is 13.7 Å². The Morgan fingerprint density at radius 1 is 1.39 bits per heavy atom. The van der Waals surface area contributed by atoms with Crippen LogP contribution in [0.25, 0.3) is 0 Å². The third-order valence-corrected chi connectivity index (χ3v) is 3.97. The van der Waals surface area contributed by atoms with Gasteiger partial charge in [-0.05, 0) is 24.9 Å². The van der Waals surface area contributed by atoms with Gasteiger partial charge in [-0.3, -0.25) is 0 Å². The minimum absolute atomic E-state index is 0.407. The summed E-state index contributed by atoms with van der Waals surface area (Å²) < 4.78 is 5.83. The SMILES string of the molecule is CCCCC(C)C(NC)c1cccc2c1OCC2. The number of ether oxygens (including phenoxy) is 1. The van der Waals surface area contributed by atoms with Gasteiger partial charge in [-0.2, -0.15) is 0 Å². The zero-order valence-electron chi connectivity index (χ0n) is 11.8. The highest BCUT2D eigenvalue weighted by Crippen LogP contribution is 2.37. The smallest absolute Gasteiger partial charge is 0.127 e. The van der Waals surface area contributed by atoms with Crippen LogP contribution in [-0.4, -0.2) is 13.7 Å². The van der Waals surface area contributed by atoms with E-state index in [-0.39, 0.29) is 0 Å². The normalized spacial score (nSPS) is 17.1. The molecule has 1 heterocycles. The van der Waals surface area contributed by atoms with Crippen LogP contribution in [-0.2, 0) is 6.42 Å². The van der Waals surface area contributed by atoms with Gasteiger partial charge in [0.2, 0.25) is 0 Å². The fourth-order valence-corrected chi connectivity index (χ4v) is 2.92. The molecule has 2 atom stereocenters. The van der Waals surface area contributed by atoms with E-state index in [0.29, 0.717) is 12.0 Å². The van der Waals surface area contributed by atoms with Crippen molar-refractivity contribution < 1.29 is 4.74 Å². The Kier molecular flexibility index (Phi) is 4.65. The zero-order chi connectivity index (χ0) is 13.0. The minimum atomic E-state index is 0.407. The van der Waals surface area contributed by atoms with E-state index in [4.69, 9.17) is 4.74 Å². The second kappa shape index (κ2) is 6.24. The number of rotatable bonds is 6. The third kappa shape index (κ3) is 2.69. The number of hydrogen-bond donors (Lipinski definition) is 1. The maximum absolute atomic E-state index is 5.83. The van der Waals surface area contributed by atoms with Gasteiger partial charge < -0.3 is 10.1 Å². The molecule has 2 rings (SSSR count). The van der Waals surface area contributed by atoms with Crippen LogP contribution >= 0.6 is 0 Å². The van der Waals surface area contributed by atoms with E-state index in [9.17, 15) is 0 Å². The van der Waals surface area contributed by atoms with Crippen LogP contribution in [0.2, 0.25) is 0 Å². The van der Waals surface area contributed by atoms with Gasteiger partial charge >= 0.3 is 0 Å². The minimum Gasteiger partial charge on any atom is -0.493 e. The van der Waals surface area contributed by atoms with Gasteiger partial charge in [-0.1, -0.05) is 44.9 Å². The van der Waals surface area contributed by atoms with E-state index in [1.54, 1.807) is 0 Å². The largest absolute Gasteiger partial charge is 0.493 e. The molecule has 2 heteroatoms. The molecule has 1 aromatic carbocycles. The third-order valence-electron chi connectivity index (χ3n) is 3.97. The fourth-order valence-electron chi connectivity index (χ4n) is 2.92. The summed E-state index contributed by atoms with van der Waals surface area (Å²) in [5, 5.41) is 3.48. The average molecular weight is 247 g/mol. The van der Waals surface area contributed by atoms with Crippen molar-refractivity contribution in [2.24, 2.45) is 5.92 Å². The van der Waals surface area contributed by atoms with Crippen LogP contribution in [0.3, 0.4) is 0 Å². The van der Waals surface area contributed by atoms with Crippen molar-refractivity contribution in [1.82, 2.24) is 5.32 Å². The summed E-state index contributed by atoms with van der Waals surface area (Å²) in [6, 6.07) is 6.98. The van der Waals surface area contributed by atoms with Crippen LogP contribution < -0.4 is 10.1 Å². The number of fused-ring (bicyclic) bond motifs is 1. The highest BCUT2D eigenvalue weighted by Gasteiger charge is 2.24. The predicted octanol–water partition coefficient (Wildman–Crippen LogP) is 3.71. The Balaban J connectivity index is 2.20. The lowest BCUT2D eigenvalue weighted by atomic mass is 9.89. The molecule has 1 N–H and O–H groups in total. The van der Waals surface area contributed by atoms with Crippen molar-refractivity contribution in [3.63, 3.8) is 0 Å². The van der Waals surface area contributed by atoms with E-state index in [0.717, 1.165) is 18.8 Å². The first kappa shape index (κ1) is 13.4. The van der Waals surface area contributed by atoms with Crippen LogP contribution in [0.1, 0.15) is 50.3 Å². The summed E-state index contributed by atoms with van der Waals surface area (Å²) in [6.45, 7) is 5.43. The van der Waals surface area contributed by atoms with E-state index in [1.165, 1.54) is 30.4 Å². The Labute approximate surface area is 111 Å². The first-order chi connectivity index (χ1) is 8.77. The van der Waals surface area contributed by atoms with Crippen molar-refractivity contribution in [1.29, 1.82) is 0 Å². The molecule has 0 saturated carbocycles. The molecular formula is C16H25NO. The van der Waals surface area contributed by atoms with Gasteiger partial charge in [0.1, 0.15) is 5.75 Å². The molecular weight excluding hydrogens is 222 g/mol. The monoisotopic (exact) mass is 247 g/mol. The molecule has 2 unspecified atom stereocenters. The van der Waals surface area contributed by atoms with Gasteiger partial charge in [-0.25, -0.2) is 0 Å². The van der Waals surface area contributed by atoms with Crippen LogP contribution in [0.4, 0.5) is 0 Å². The fraction of sp³-hybridized carbons (Fsp3) is 0.625. The lowest BCUT2D eigenvalue weighted by Gasteiger charge is -2.25. The van der Waals surface area contributed by atoms with Gasteiger partial charge in [0.25, 0.3) is 0 Å². The molecule has 2 nitrogen and oxygen atoms in total. The standard InChI is InChI=1S/C16H25NO/c1-4-5-7-12(2)15(17-3)14-9-6-8-13-10-11-18-16(13)14/h6,8-9,12,15,17H,4-5,7,10-11H2,1-3H3. The molecule has 0 aromatic heterocycles. The topological polar surface area (TPSA) is 21.3 Å². The molecule has 0 spiro atoms. The van der Waals surface area contributed by atoms with Gasteiger partial charge in [-0.15, -0.1) is 0 Å². The summed E-state index contributed by atoms with van der Waals surface area (Å²) in [5.41, 5.74) is 2.71. The zero-order valence-corrected chi connectivity index (χ0v) is 11.8. The summed E-state index contributed by atoms with van der Waals surface area (Å²) in [6.07, 6.45) is 4.90. The Morgan fingerprint density at radius 3 is 2.94 bits per heavy atom. The van der Waals surface area contributed by atoms with E-state index >= 15 is 0 Å². The molecule has 0 amide bonds. The highest BCUT2D eigenvalue weighted by atomic mass is 16.5. The second-order valence-corrected chi connectivity index (χ2v) is 5.32. The Morgan fingerprint density at radius 2 is 2.22 bits per heavy atom. The second-order valence-electron chi connectivity index (χ2n) is 5.32. The molecule has 18 heavy (non-hydrogen) atoms. The first-order valence-corrected chi connectivity index (χ1v) is 7.19. The lowest BCUT2D eigenvalue weighted by Crippen LogP contribution is -2.24. The number of unbranched alkanes of at least 4 members (excludes halogenated alkanes) is 1. The van der Waals surface area contributed by atoms with E-state index < -0.39 is 0 Å². The van der Waals surface area contributed by atoms with Crippen molar-refractivity contribution in [2.45, 2.75) is 45.6 Å². The van der Waals surface area contributed by atoms with E-state index in [2.05, 4.69) is 44.4 Å². The van der Waals surface area contributed by atoms with Gasteiger partial charge in [0.15, 0.2) is 0 Å². The van der Waals surface area contributed by atoms with Crippen LogP contribution in [0.5, 0.6) is 5.75 Å². The number of hydrogen-bond acceptors (Lipinski definition) is 2. The van der Waals surface area contributed by atoms with Gasteiger partial charge in [0.05, 0.1) is 6.61 Å². The molecule has 1 aromatic rings. The molecule has 1 aliphatic heterocycles. The van der Waals surface area contributed by atoms with Crippen molar-refractivity contribution >= 4 is 0 Å². The Hall–Kier alpha value is -1.02. The van der Waals surface area contributed by atoms with Crippen LogP contribution in [0.15, 0.2) is 18.2 Å².